The van der Waals surface area contributed by atoms with E-state index in [4.69, 9.17) is 4.74 Å². The van der Waals surface area contributed by atoms with Gasteiger partial charge >= 0.3 is 0 Å². The Bertz CT molecular complexity index is 1820. The van der Waals surface area contributed by atoms with Crippen molar-refractivity contribution >= 4 is 21.8 Å². The molecule has 3 aromatic carbocycles. The van der Waals surface area contributed by atoms with Crippen LogP contribution >= 0.6 is 0 Å². The van der Waals surface area contributed by atoms with Gasteiger partial charge in [-0.3, -0.25) is 10.1 Å². The van der Waals surface area contributed by atoms with Crippen LogP contribution in [-0.2, 0) is 6.54 Å². The summed E-state index contributed by atoms with van der Waals surface area (Å²) >= 11 is 0. The quantitative estimate of drug-likeness (QED) is 0.179. The number of aromatic nitrogens is 4. The molecule has 3 heterocycles. The number of likely N-dealkylation sites (N-methyl/N-ethyl adjacent to an activating group) is 1. The number of pyridine rings is 1. The van der Waals surface area contributed by atoms with Gasteiger partial charge in [0.05, 0.1) is 11.2 Å². The van der Waals surface area contributed by atoms with E-state index in [1.807, 2.05) is 55.7 Å². The monoisotopic (exact) mass is 548 g/mol. The molecule has 208 valence electrons. The number of halogens is 1. The lowest BCUT2D eigenvalue weighted by Crippen LogP contribution is -2.19. The van der Waals surface area contributed by atoms with Crippen molar-refractivity contribution in [1.29, 1.82) is 0 Å². The summed E-state index contributed by atoms with van der Waals surface area (Å²) < 4.78 is 20.5. The van der Waals surface area contributed by atoms with E-state index < -0.39 is 0 Å². The molecule has 0 bridgehead atoms. The summed E-state index contributed by atoms with van der Waals surface area (Å²) in [7, 11) is 3.96. The third-order valence-corrected chi connectivity index (χ3v) is 7.18. The fraction of sp³-hybridized carbons (Fsp3) is 0.212. The Morgan fingerprint density at radius 2 is 1.80 bits per heavy atom. The molecule has 0 saturated carbocycles. The molecule has 0 atom stereocenters. The predicted molar refractivity (Wildman–Crippen MR) is 163 cm³/mol. The summed E-state index contributed by atoms with van der Waals surface area (Å²) in [4.78, 5) is 10.0. The van der Waals surface area contributed by atoms with Crippen molar-refractivity contribution in [1.82, 2.24) is 30.4 Å². The molecule has 0 aliphatic carbocycles. The van der Waals surface area contributed by atoms with Gasteiger partial charge in [-0.1, -0.05) is 25.1 Å². The predicted octanol–water partition coefficient (Wildman–Crippen LogP) is 6.63. The number of rotatable bonds is 10. The Hall–Kier alpha value is -4.53. The first-order valence-electron chi connectivity index (χ1n) is 13.8. The molecule has 0 radical (unpaired) electrons. The zero-order valence-electron chi connectivity index (χ0n) is 23.5. The van der Waals surface area contributed by atoms with Crippen molar-refractivity contribution in [3.8, 4) is 39.4 Å². The molecule has 0 saturated heterocycles. The topological polar surface area (TPSA) is 81.9 Å². The summed E-state index contributed by atoms with van der Waals surface area (Å²) in [6.07, 6.45) is 3.79. The zero-order chi connectivity index (χ0) is 28.3. The highest BCUT2D eigenvalue weighted by Crippen LogP contribution is 2.36. The van der Waals surface area contributed by atoms with E-state index in [9.17, 15) is 4.39 Å². The van der Waals surface area contributed by atoms with Crippen molar-refractivity contribution < 1.29 is 9.13 Å². The lowest BCUT2D eigenvalue weighted by atomic mass is 10.0. The molecule has 0 amide bonds. The fourth-order valence-electron chi connectivity index (χ4n) is 5.09. The van der Waals surface area contributed by atoms with Crippen LogP contribution in [0, 0.1) is 5.82 Å². The van der Waals surface area contributed by atoms with E-state index in [-0.39, 0.29) is 5.82 Å². The van der Waals surface area contributed by atoms with Gasteiger partial charge in [0.2, 0.25) is 0 Å². The van der Waals surface area contributed by atoms with Gasteiger partial charge in [-0.15, -0.1) is 0 Å². The van der Waals surface area contributed by atoms with E-state index >= 15 is 0 Å². The van der Waals surface area contributed by atoms with Crippen LogP contribution in [0.5, 0.6) is 5.75 Å². The summed E-state index contributed by atoms with van der Waals surface area (Å²) in [5, 5.41) is 13.2. The Labute approximate surface area is 238 Å². The maximum atomic E-state index is 14.6. The van der Waals surface area contributed by atoms with Crippen LogP contribution in [0.15, 0.2) is 79.1 Å². The van der Waals surface area contributed by atoms with Crippen LogP contribution in [-0.4, -0.2) is 58.9 Å². The molecular formula is C33H33FN6O. The standard InChI is InChI=1S/C33H33FN6O/c1-4-35-18-21-12-24(20-36-19-21)22-8-9-31-29(15-22)33(39-38-31)32-17-28-27(6-5-7-30(28)37-32)23-13-25(34)16-26(14-23)41-11-10-40(2)3/h5-9,12-17,19-20,35,37H,4,10-11,18H2,1-3H3,(H,38,39). The summed E-state index contributed by atoms with van der Waals surface area (Å²) in [5.74, 6) is 0.189. The first-order valence-corrected chi connectivity index (χ1v) is 13.8. The fourth-order valence-corrected chi connectivity index (χ4v) is 5.09. The van der Waals surface area contributed by atoms with Crippen LogP contribution in [0.25, 0.3) is 55.4 Å². The van der Waals surface area contributed by atoms with Crippen molar-refractivity contribution in [3.05, 3.63) is 90.5 Å². The molecule has 7 nitrogen and oxygen atoms in total. The summed E-state index contributed by atoms with van der Waals surface area (Å²) in [5.41, 5.74) is 8.57. The molecule has 0 unspecified atom stereocenters. The Kier molecular flexibility index (Phi) is 7.50. The van der Waals surface area contributed by atoms with E-state index in [0.717, 1.165) is 80.6 Å². The van der Waals surface area contributed by atoms with Crippen molar-refractivity contribution in [2.75, 3.05) is 33.8 Å². The number of benzene rings is 3. The van der Waals surface area contributed by atoms with Gasteiger partial charge in [-0.25, -0.2) is 4.39 Å². The molecule has 3 N–H and O–H groups in total. The van der Waals surface area contributed by atoms with Gasteiger partial charge in [-0.2, -0.15) is 5.10 Å². The van der Waals surface area contributed by atoms with E-state index in [2.05, 4.69) is 62.7 Å². The van der Waals surface area contributed by atoms with Crippen LogP contribution in [0.3, 0.4) is 0 Å². The first-order chi connectivity index (χ1) is 20.0. The molecule has 0 fully saturated rings. The van der Waals surface area contributed by atoms with Crippen LogP contribution in [0.4, 0.5) is 4.39 Å². The molecule has 41 heavy (non-hydrogen) atoms. The average molecular weight is 549 g/mol. The van der Waals surface area contributed by atoms with Crippen molar-refractivity contribution in [2.45, 2.75) is 13.5 Å². The van der Waals surface area contributed by atoms with Crippen molar-refractivity contribution in [3.63, 3.8) is 0 Å². The Morgan fingerprint density at radius 3 is 2.66 bits per heavy atom. The number of aromatic amines is 2. The van der Waals surface area contributed by atoms with Gasteiger partial charge in [-0.05, 0) is 85.4 Å². The molecule has 8 heteroatoms. The molecule has 6 rings (SSSR count). The van der Waals surface area contributed by atoms with Gasteiger partial charge in [0, 0.05) is 53.4 Å². The Morgan fingerprint density at radius 1 is 0.902 bits per heavy atom. The highest BCUT2D eigenvalue weighted by molar-refractivity contribution is 6.02. The molecule has 3 aromatic heterocycles. The lowest BCUT2D eigenvalue weighted by Gasteiger charge is -2.12. The molecular weight excluding hydrogens is 515 g/mol. The van der Waals surface area contributed by atoms with Crippen LogP contribution in [0.2, 0.25) is 0 Å². The minimum absolute atomic E-state index is 0.329. The number of nitrogens with zero attached hydrogens (tertiary/aromatic N) is 3. The molecule has 6 aromatic rings. The number of hydrogen-bond donors (Lipinski definition) is 3. The maximum absolute atomic E-state index is 14.6. The number of hydrogen-bond acceptors (Lipinski definition) is 5. The Balaban J connectivity index is 1.37. The average Bonchev–Trinajstić information content (AvgIpc) is 3.59. The summed E-state index contributed by atoms with van der Waals surface area (Å²) in [6.45, 7) is 5.02. The van der Waals surface area contributed by atoms with E-state index in [1.165, 1.54) is 6.07 Å². The summed E-state index contributed by atoms with van der Waals surface area (Å²) in [6, 6.07) is 21.4. The number of H-pyrrole nitrogens is 2. The number of nitrogens with one attached hydrogen (secondary N) is 3. The minimum Gasteiger partial charge on any atom is -0.492 e. The number of ether oxygens (including phenoxy) is 1. The molecule has 0 aliphatic rings. The van der Waals surface area contributed by atoms with E-state index in [1.54, 1.807) is 6.07 Å². The second kappa shape index (κ2) is 11.5. The zero-order valence-corrected chi connectivity index (χ0v) is 23.5. The smallest absolute Gasteiger partial charge is 0.127 e. The second-order valence-corrected chi connectivity index (χ2v) is 10.5. The largest absolute Gasteiger partial charge is 0.492 e. The minimum atomic E-state index is -0.329. The second-order valence-electron chi connectivity index (χ2n) is 10.5. The van der Waals surface area contributed by atoms with Gasteiger partial charge < -0.3 is 19.9 Å². The highest BCUT2D eigenvalue weighted by Gasteiger charge is 2.15. The molecule has 0 aliphatic heterocycles. The third-order valence-electron chi connectivity index (χ3n) is 7.18. The molecule has 0 spiro atoms. The van der Waals surface area contributed by atoms with Crippen LogP contribution in [0.1, 0.15) is 12.5 Å². The first kappa shape index (κ1) is 26.7. The number of fused-ring (bicyclic) bond motifs is 2. The SMILES string of the molecule is CCNCc1cncc(-c2ccc3[nH]nc(-c4cc5c(-c6cc(F)cc(OCCN(C)C)c6)cccc5[nH]4)c3c2)c1. The van der Waals surface area contributed by atoms with Gasteiger partial charge in [0.1, 0.15) is 23.9 Å². The van der Waals surface area contributed by atoms with Gasteiger partial charge in [0.15, 0.2) is 0 Å². The highest BCUT2D eigenvalue weighted by atomic mass is 19.1. The normalized spacial score (nSPS) is 11.6. The van der Waals surface area contributed by atoms with Crippen LogP contribution < -0.4 is 10.1 Å². The van der Waals surface area contributed by atoms with Gasteiger partial charge in [0.25, 0.3) is 0 Å². The maximum Gasteiger partial charge on any atom is 0.127 e. The van der Waals surface area contributed by atoms with Crippen molar-refractivity contribution in [2.24, 2.45) is 0 Å². The lowest BCUT2D eigenvalue weighted by molar-refractivity contribution is 0.260. The third kappa shape index (κ3) is 5.70. The van der Waals surface area contributed by atoms with E-state index in [0.29, 0.717) is 12.4 Å².